The molecule has 1 saturated carbocycles. The van der Waals surface area contributed by atoms with E-state index in [9.17, 15) is 0 Å². The number of aliphatic hydroxyl groups excluding tert-OH is 1. The number of hydrogen-bond acceptors (Lipinski definition) is 2. The molecule has 1 heterocycles. The summed E-state index contributed by atoms with van der Waals surface area (Å²) in [6, 6.07) is 10.4. The minimum atomic E-state index is 0. The predicted molar refractivity (Wildman–Crippen MR) is 115 cm³/mol. The first-order valence-electron chi connectivity index (χ1n) is 10.1. The molecule has 146 valence electrons. The highest BCUT2D eigenvalue weighted by Gasteiger charge is 2.24. The molecule has 0 spiro atoms. The molecular formula is C23H29Cl2NO. The summed E-state index contributed by atoms with van der Waals surface area (Å²) in [6.45, 7) is 0.343. The summed E-state index contributed by atoms with van der Waals surface area (Å²) in [6.07, 6.45) is 10.9. The molecule has 2 aliphatic rings. The second kappa shape index (κ2) is 9.41. The Morgan fingerprint density at radius 3 is 2.56 bits per heavy atom. The standard InChI is InChI=1S/C23H28ClNO.ClH/c24-20-4-1-3-18(14-20)23-15-19(21-5-2-6-22(21)25-23)13-17-9-7-16(8-10-17)11-12-26;/h1,3-4,14-17,26H,2,5-13H2;1H. The highest BCUT2D eigenvalue weighted by atomic mass is 35.5. The smallest absolute Gasteiger partial charge is 0.0708 e. The maximum absolute atomic E-state index is 9.17. The van der Waals surface area contributed by atoms with Crippen LogP contribution in [0, 0.1) is 11.8 Å². The Kier molecular flexibility index (Phi) is 7.19. The second-order valence-corrected chi connectivity index (χ2v) is 8.50. The van der Waals surface area contributed by atoms with E-state index in [1.165, 1.54) is 61.8 Å². The molecule has 0 radical (unpaired) electrons. The van der Waals surface area contributed by atoms with Crippen LogP contribution in [0.3, 0.4) is 0 Å². The van der Waals surface area contributed by atoms with Crippen molar-refractivity contribution in [2.24, 2.45) is 11.8 Å². The fourth-order valence-electron chi connectivity index (χ4n) is 4.82. The van der Waals surface area contributed by atoms with Crippen molar-refractivity contribution in [3.05, 3.63) is 52.2 Å². The highest BCUT2D eigenvalue weighted by Crippen LogP contribution is 2.36. The monoisotopic (exact) mass is 405 g/mol. The lowest BCUT2D eigenvalue weighted by Crippen LogP contribution is -2.18. The fourth-order valence-corrected chi connectivity index (χ4v) is 5.01. The predicted octanol–water partition coefficient (Wildman–Crippen LogP) is 6.04. The molecule has 2 aliphatic carbocycles. The molecule has 0 saturated heterocycles. The number of pyridine rings is 1. The van der Waals surface area contributed by atoms with Gasteiger partial charge >= 0.3 is 0 Å². The van der Waals surface area contributed by atoms with Crippen molar-refractivity contribution in [3.63, 3.8) is 0 Å². The lowest BCUT2D eigenvalue weighted by atomic mass is 9.77. The van der Waals surface area contributed by atoms with Gasteiger partial charge in [-0.15, -0.1) is 12.4 Å². The number of benzene rings is 1. The van der Waals surface area contributed by atoms with Crippen LogP contribution in [-0.2, 0) is 19.3 Å². The van der Waals surface area contributed by atoms with E-state index in [1.807, 2.05) is 18.2 Å². The maximum Gasteiger partial charge on any atom is 0.0708 e. The van der Waals surface area contributed by atoms with E-state index in [0.29, 0.717) is 6.61 Å². The number of nitrogens with zero attached hydrogens (tertiary/aromatic N) is 1. The number of aliphatic hydroxyl groups is 1. The van der Waals surface area contributed by atoms with Crippen molar-refractivity contribution in [1.29, 1.82) is 0 Å². The molecule has 27 heavy (non-hydrogen) atoms. The van der Waals surface area contributed by atoms with Gasteiger partial charge in [-0.3, -0.25) is 4.98 Å². The van der Waals surface area contributed by atoms with Crippen LogP contribution in [0.5, 0.6) is 0 Å². The van der Waals surface area contributed by atoms with Gasteiger partial charge in [0.1, 0.15) is 0 Å². The van der Waals surface area contributed by atoms with Crippen LogP contribution in [-0.4, -0.2) is 16.7 Å². The summed E-state index contributed by atoms with van der Waals surface area (Å²) in [5.41, 5.74) is 6.56. The van der Waals surface area contributed by atoms with Gasteiger partial charge in [0, 0.05) is 22.9 Å². The zero-order valence-corrected chi connectivity index (χ0v) is 17.4. The number of hydrogen-bond donors (Lipinski definition) is 1. The van der Waals surface area contributed by atoms with Crippen molar-refractivity contribution in [3.8, 4) is 11.3 Å². The Labute approximate surface area is 173 Å². The molecule has 0 atom stereocenters. The minimum Gasteiger partial charge on any atom is -0.396 e. The molecule has 0 amide bonds. The maximum atomic E-state index is 9.17. The third kappa shape index (κ3) is 4.85. The van der Waals surface area contributed by atoms with Crippen LogP contribution in [0.1, 0.15) is 55.3 Å². The van der Waals surface area contributed by atoms with Gasteiger partial charge in [0.05, 0.1) is 5.69 Å². The van der Waals surface area contributed by atoms with Crippen LogP contribution in [0.4, 0.5) is 0 Å². The molecule has 1 aromatic carbocycles. The largest absolute Gasteiger partial charge is 0.396 e. The first kappa shape index (κ1) is 20.6. The number of fused-ring (bicyclic) bond motifs is 1. The van der Waals surface area contributed by atoms with Gasteiger partial charge in [0.2, 0.25) is 0 Å². The number of rotatable bonds is 5. The SMILES string of the molecule is Cl.OCCC1CCC(Cc2cc(-c3cccc(Cl)c3)nc3c2CCC3)CC1. The number of halogens is 2. The van der Waals surface area contributed by atoms with Gasteiger partial charge in [-0.25, -0.2) is 0 Å². The van der Waals surface area contributed by atoms with Gasteiger partial charge in [-0.2, -0.15) is 0 Å². The van der Waals surface area contributed by atoms with E-state index in [1.54, 1.807) is 0 Å². The molecule has 4 heteroatoms. The Hall–Kier alpha value is -1.09. The summed E-state index contributed by atoms with van der Waals surface area (Å²) < 4.78 is 0. The van der Waals surface area contributed by atoms with Gasteiger partial charge in [0.15, 0.2) is 0 Å². The van der Waals surface area contributed by atoms with E-state index in [-0.39, 0.29) is 12.4 Å². The van der Waals surface area contributed by atoms with Crippen molar-refractivity contribution >= 4 is 24.0 Å². The third-order valence-corrected chi connectivity index (χ3v) is 6.51. The quantitative estimate of drug-likeness (QED) is 0.656. The van der Waals surface area contributed by atoms with Crippen LogP contribution >= 0.6 is 24.0 Å². The van der Waals surface area contributed by atoms with Crippen molar-refractivity contribution in [2.45, 2.75) is 57.8 Å². The summed E-state index contributed by atoms with van der Waals surface area (Å²) in [4.78, 5) is 4.97. The Morgan fingerprint density at radius 2 is 1.81 bits per heavy atom. The second-order valence-electron chi connectivity index (χ2n) is 8.06. The summed E-state index contributed by atoms with van der Waals surface area (Å²) in [5.74, 6) is 1.52. The van der Waals surface area contributed by atoms with Crippen molar-refractivity contribution in [1.82, 2.24) is 4.98 Å². The Morgan fingerprint density at radius 1 is 1.04 bits per heavy atom. The van der Waals surface area contributed by atoms with E-state index < -0.39 is 0 Å². The first-order valence-corrected chi connectivity index (χ1v) is 10.5. The first-order chi connectivity index (χ1) is 12.7. The molecular weight excluding hydrogens is 377 g/mol. The van der Waals surface area contributed by atoms with E-state index in [4.69, 9.17) is 21.7 Å². The molecule has 0 bridgehead atoms. The zero-order chi connectivity index (χ0) is 17.9. The molecule has 1 fully saturated rings. The lowest BCUT2D eigenvalue weighted by Gasteiger charge is -2.28. The summed E-state index contributed by atoms with van der Waals surface area (Å²) in [5, 5.41) is 9.94. The number of aromatic nitrogens is 1. The van der Waals surface area contributed by atoms with Crippen molar-refractivity contribution < 1.29 is 5.11 Å². The molecule has 1 N–H and O–H groups in total. The van der Waals surface area contributed by atoms with Crippen molar-refractivity contribution in [2.75, 3.05) is 6.61 Å². The third-order valence-electron chi connectivity index (χ3n) is 6.28. The van der Waals surface area contributed by atoms with Crippen LogP contribution in [0.2, 0.25) is 5.02 Å². The van der Waals surface area contributed by atoms with Crippen LogP contribution in [0.15, 0.2) is 30.3 Å². The average molecular weight is 406 g/mol. The fraction of sp³-hybridized carbons (Fsp3) is 0.522. The molecule has 2 aromatic rings. The highest BCUT2D eigenvalue weighted by molar-refractivity contribution is 6.30. The average Bonchev–Trinajstić information content (AvgIpc) is 3.12. The van der Waals surface area contributed by atoms with Crippen LogP contribution < -0.4 is 0 Å². The van der Waals surface area contributed by atoms with Gasteiger partial charge in [0.25, 0.3) is 0 Å². The normalized spacial score (nSPS) is 21.6. The molecule has 2 nitrogen and oxygen atoms in total. The molecule has 0 aliphatic heterocycles. The Bertz CT molecular complexity index is 769. The molecule has 4 rings (SSSR count). The molecule has 0 unspecified atom stereocenters. The molecule has 1 aromatic heterocycles. The summed E-state index contributed by atoms with van der Waals surface area (Å²) >= 11 is 6.20. The van der Waals surface area contributed by atoms with E-state index in [0.717, 1.165) is 41.0 Å². The van der Waals surface area contributed by atoms with Crippen LogP contribution in [0.25, 0.3) is 11.3 Å². The van der Waals surface area contributed by atoms with Gasteiger partial charge < -0.3 is 5.11 Å². The lowest BCUT2D eigenvalue weighted by molar-refractivity contribution is 0.205. The van der Waals surface area contributed by atoms with E-state index >= 15 is 0 Å². The van der Waals surface area contributed by atoms with Gasteiger partial charge in [-0.1, -0.05) is 36.6 Å². The Balaban J connectivity index is 0.00000210. The summed E-state index contributed by atoms with van der Waals surface area (Å²) in [7, 11) is 0. The zero-order valence-electron chi connectivity index (χ0n) is 15.8. The van der Waals surface area contributed by atoms with E-state index in [2.05, 4.69) is 12.1 Å². The van der Waals surface area contributed by atoms with Gasteiger partial charge in [-0.05, 0) is 86.1 Å². The topological polar surface area (TPSA) is 33.1 Å². The number of aryl methyl sites for hydroxylation is 1. The minimum absolute atomic E-state index is 0.